The molecule has 3 N–H and O–H groups in total. The molecule has 0 aromatic heterocycles. The zero-order valence-corrected chi connectivity index (χ0v) is 12.8. The lowest BCUT2D eigenvalue weighted by Gasteiger charge is -2.12. The lowest BCUT2D eigenvalue weighted by atomic mass is 10.1. The molecule has 1 aliphatic rings. The normalized spacial score (nSPS) is 23.1. The third-order valence-corrected chi connectivity index (χ3v) is 6.05. The van der Waals surface area contributed by atoms with E-state index in [9.17, 15) is 8.42 Å². The van der Waals surface area contributed by atoms with E-state index in [-0.39, 0.29) is 10.9 Å². The van der Waals surface area contributed by atoms with Crippen LogP contribution in [0.15, 0.2) is 21.5 Å². The minimum atomic E-state index is -3.47. The van der Waals surface area contributed by atoms with Crippen molar-refractivity contribution in [2.24, 2.45) is 11.7 Å². The topological polar surface area (TPSA) is 72.2 Å². The lowest BCUT2D eigenvalue weighted by molar-refractivity contribution is 0.577. The van der Waals surface area contributed by atoms with E-state index in [1.807, 2.05) is 19.9 Å². The molecule has 1 aliphatic carbocycles. The van der Waals surface area contributed by atoms with Crippen molar-refractivity contribution in [3.05, 3.63) is 27.7 Å². The second-order valence-electron chi connectivity index (χ2n) is 4.87. The molecule has 2 rings (SSSR count). The first-order chi connectivity index (χ1) is 8.35. The van der Waals surface area contributed by atoms with Crippen LogP contribution in [-0.2, 0) is 16.6 Å². The van der Waals surface area contributed by atoms with Gasteiger partial charge in [0.15, 0.2) is 0 Å². The summed E-state index contributed by atoms with van der Waals surface area (Å²) < 4.78 is 27.9. The van der Waals surface area contributed by atoms with Gasteiger partial charge in [-0.05, 0) is 52.4 Å². The Balaban J connectivity index is 2.39. The number of nitrogens with two attached hydrogens (primary N) is 1. The van der Waals surface area contributed by atoms with Crippen LogP contribution in [-0.4, -0.2) is 14.5 Å². The second kappa shape index (κ2) is 4.92. The fourth-order valence-electron chi connectivity index (χ4n) is 1.87. The smallest absolute Gasteiger partial charge is 0.241 e. The second-order valence-corrected chi connectivity index (χ2v) is 7.35. The summed E-state index contributed by atoms with van der Waals surface area (Å²) in [5.41, 5.74) is 7.28. The van der Waals surface area contributed by atoms with Crippen LogP contribution in [0.2, 0.25) is 0 Å². The summed E-state index contributed by atoms with van der Waals surface area (Å²) in [6.45, 7) is 4.22. The van der Waals surface area contributed by atoms with E-state index >= 15 is 0 Å². The average molecular weight is 333 g/mol. The molecular weight excluding hydrogens is 316 g/mol. The van der Waals surface area contributed by atoms with Gasteiger partial charge in [0.25, 0.3) is 0 Å². The molecule has 0 radical (unpaired) electrons. The Labute approximate surface area is 116 Å². The number of hydrogen-bond donors (Lipinski definition) is 2. The van der Waals surface area contributed by atoms with E-state index in [4.69, 9.17) is 5.73 Å². The Bertz CT molecular complexity index is 572. The van der Waals surface area contributed by atoms with E-state index in [1.54, 1.807) is 6.07 Å². The molecule has 100 valence electrons. The van der Waals surface area contributed by atoms with Gasteiger partial charge >= 0.3 is 0 Å². The summed E-state index contributed by atoms with van der Waals surface area (Å²) in [5.74, 6) is 0.428. The maximum Gasteiger partial charge on any atom is 0.241 e. The number of halogens is 1. The van der Waals surface area contributed by atoms with Crippen LogP contribution in [0.4, 0.5) is 0 Å². The largest absolute Gasteiger partial charge is 0.326 e. The van der Waals surface area contributed by atoms with Crippen LogP contribution < -0.4 is 10.5 Å². The first-order valence-electron chi connectivity index (χ1n) is 5.86. The molecule has 1 fully saturated rings. The molecule has 0 spiro atoms. The van der Waals surface area contributed by atoms with Crippen LogP contribution in [0.3, 0.4) is 0 Å². The molecule has 6 heteroatoms. The van der Waals surface area contributed by atoms with E-state index in [0.29, 0.717) is 16.9 Å². The van der Waals surface area contributed by atoms with E-state index in [2.05, 4.69) is 20.7 Å². The van der Waals surface area contributed by atoms with E-state index in [0.717, 1.165) is 17.5 Å². The standard InChI is InChI=1S/C12H17BrN2O2S/c1-7-4-10(7)15-18(16,17)11-5-9(6-14)3-8(2)12(11)13/h3,5,7,10,15H,4,6,14H2,1-2H3. The van der Waals surface area contributed by atoms with Crippen LogP contribution >= 0.6 is 15.9 Å². The van der Waals surface area contributed by atoms with E-state index < -0.39 is 10.0 Å². The fourth-order valence-corrected chi connectivity index (χ4v) is 4.30. The van der Waals surface area contributed by atoms with Gasteiger partial charge in [0.05, 0.1) is 4.90 Å². The highest BCUT2D eigenvalue weighted by Crippen LogP contribution is 2.33. The van der Waals surface area contributed by atoms with Crippen molar-refractivity contribution in [3.63, 3.8) is 0 Å². The number of nitrogens with one attached hydrogen (secondary N) is 1. The highest BCUT2D eigenvalue weighted by atomic mass is 79.9. The Morgan fingerprint density at radius 2 is 2.11 bits per heavy atom. The first kappa shape index (κ1) is 14.0. The molecular formula is C12H17BrN2O2S. The minimum absolute atomic E-state index is 0.0729. The summed E-state index contributed by atoms with van der Waals surface area (Å²) in [6.07, 6.45) is 0.909. The zero-order chi connectivity index (χ0) is 13.5. The number of sulfonamides is 1. The van der Waals surface area contributed by atoms with Crippen molar-refractivity contribution < 1.29 is 8.42 Å². The number of rotatable bonds is 4. The van der Waals surface area contributed by atoms with Gasteiger partial charge < -0.3 is 5.73 Å². The summed E-state index contributed by atoms with van der Waals surface area (Å²) in [5, 5.41) is 0. The third-order valence-electron chi connectivity index (χ3n) is 3.22. The molecule has 1 aromatic carbocycles. The van der Waals surface area contributed by atoms with Gasteiger partial charge in [0.2, 0.25) is 10.0 Å². The Morgan fingerprint density at radius 3 is 2.61 bits per heavy atom. The SMILES string of the molecule is Cc1cc(CN)cc(S(=O)(=O)NC2CC2C)c1Br. The predicted molar refractivity (Wildman–Crippen MR) is 74.7 cm³/mol. The summed E-state index contributed by atoms with van der Waals surface area (Å²) in [7, 11) is -3.47. The molecule has 4 nitrogen and oxygen atoms in total. The highest BCUT2D eigenvalue weighted by Gasteiger charge is 2.37. The van der Waals surface area contributed by atoms with Crippen molar-refractivity contribution in [1.29, 1.82) is 0 Å². The molecule has 1 aromatic rings. The number of hydrogen-bond acceptors (Lipinski definition) is 3. The van der Waals surface area contributed by atoms with Gasteiger partial charge in [-0.1, -0.05) is 13.0 Å². The highest BCUT2D eigenvalue weighted by molar-refractivity contribution is 9.10. The average Bonchev–Trinajstić information content (AvgIpc) is 2.96. The minimum Gasteiger partial charge on any atom is -0.326 e. The van der Waals surface area contributed by atoms with Crippen molar-refractivity contribution in [1.82, 2.24) is 4.72 Å². The first-order valence-corrected chi connectivity index (χ1v) is 8.14. The molecule has 0 saturated heterocycles. The summed E-state index contributed by atoms with van der Waals surface area (Å²) in [6, 6.07) is 3.60. The van der Waals surface area contributed by atoms with E-state index in [1.165, 1.54) is 0 Å². The molecule has 1 saturated carbocycles. The van der Waals surface area contributed by atoms with Gasteiger partial charge in [-0.2, -0.15) is 0 Å². The zero-order valence-electron chi connectivity index (χ0n) is 10.4. The predicted octanol–water partition coefficient (Wildman–Crippen LogP) is 1.90. The maximum absolute atomic E-state index is 12.3. The third kappa shape index (κ3) is 2.77. The van der Waals surface area contributed by atoms with Crippen molar-refractivity contribution in [3.8, 4) is 0 Å². The van der Waals surface area contributed by atoms with Crippen LogP contribution in [0, 0.1) is 12.8 Å². The fraction of sp³-hybridized carbons (Fsp3) is 0.500. The summed E-state index contributed by atoms with van der Waals surface area (Å²) >= 11 is 3.34. The molecule has 2 unspecified atom stereocenters. The van der Waals surface area contributed by atoms with Crippen LogP contribution in [0.5, 0.6) is 0 Å². The summed E-state index contributed by atoms with van der Waals surface area (Å²) in [4.78, 5) is 0.280. The number of benzene rings is 1. The Kier molecular flexibility index (Phi) is 3.82. The van der Waals surface area contributed by atoms with Gasteiger partial charge in [0, 0.05) is 17.1 Å². The van der Waals surface area contributed by atoms with Crippen LogP contribution in [0.1, 0.15) is 24.5 Å². The quantitative estimate of drug-likeness (QED) is 0.884. The Hall–Kier alpha value is -0.430. The van der Waals surface area contributed by atoms with Gasteiger partial charge in [-0.3, -0.25) is 0 Å². The molecule has 0 heterocycles. The lowest BCUT2D eigenvalue weighted by Crippen LogP contribution is -2.27. The van der Waals surface area contributed by atoms with Crippen LogP contribution in [0.25, 0.3) is 0 Å². The van der Waals surface area contributed by atoms with Crippen molar-refractivity contribution in [2.75, 3.05) is 0 Å². The van der Waals surface area contributed by atoms with Crippen molar-refractivity contribution in [2.45, 2.75) is 37.8 Å². The van der Waals surface area contributed by atoms with Gasteiger partial charge in [0.1, 0.15) is 0 Å². The molecule has 2 atom stereocenters. The Morgan fingerprint density at radius 1 is 1.50 bits per heavy atom. The van der Waals surface area contributed by atoms with Gasteiger partial charge in [-0.25, -0.2) is 13.1 Å². The van der Waals surface area contributed by atoms with Crippen molar-refractivity contribution >= 4 is 26.0 Å². The molecule has 18 heavy (non-hydrogen) atoms. The monoisotopic (exact) mass is 332 g/mol. The molecule has 0 amide bonds. The molecule has 0 aliphatic heterocycles. The number of aryl methyl sites for hydroxylation is 1. The maximum atomic E-state index is 12.3. The van der Waals surface area contributed by atoms with Gasteiger partial charge in [-0.15, -0.1) is 0 Å². The molecule has 0 bridgehead atoms.